The molecule has 4 nitrogen and oxygen atoms in total. The number of hydrogen-bond donors (Lipinski definition) is 0. The molecule has 0 amide bonds. The highest BCUT2D eigenvalue weighted by molar-refractivity contribution is 7.25. The quantitative estimate of drug-likeness (QED) is 0.142. The number of hydrogen-bond acceptors (Lipinski definition) is 5. The summed E-state index contributed by atoms with van der Waals surface area (Å²) in [6, 6.07) is 75.6. The summed E-state index contributed by atoms with van der Waals surface area (Å²) in [5, 5.41) is 2.54. The van der Waals surface area contributed by atoms with Gasteiger partial charge in [0.1, 0.15) is 11.5 Å². The molecular formula is C62H46BN3OS. The van der Waals surface area contributed by atoms with E-state index in [0.717, 1.165) is 51.1 Å². The molecule has 2 aliphatic heterocycles. The molecule has 3 aliphatic rings. The van der Waals surface area contributed by atoms with Gasteiger partial charge in [0.25, 0.3) is 6.71 Å². The highest BCUT2D eigenvalue weighted by Crippen LogP contribution is 2.46. The van der Waals surface area contributed by atoms with Crippen molar-refractivity contribution in [2.75, 3.05) is 14.7 Å². The average molecular weight is 892 g/mol. The predicted molar refractivity (Wildman–Crippen MR) is 290 cm³/mol. The van der Waals surface area contributed by atoms with Gasteiger partial charge in [-0.2, -0.15) is 0 Å². The van der Waals surface area contributed by atoms with Crippen LogP contribution in [0.2, 0.25) is 0 Å². The van der Waals surface area contributed by atoms with Gasteiger partial charge in [0.05, 0.1) is 6.04 Å². The number of allylic oxidation sites excluding steroid dienone is 2. The first-order valence-electron chi connectivity index (χ1n) is 23.6. The summed E-state index contributed by atoms with van der Waals surface area (Å²) in [4.78, 5) is 7.33. The van der Waals surface area contributed by atoms with Crippen LogP contribution in [0.15, 0.2) is 231 Å². The summed E-state index contributed by atoms with van der Waals surface area (Å²) in [5.74, 6) is 2.06. The Morgan fingerprint density at radius 2 is 1.18 bits per heavy atom. The molecule has 0 saturated heterocycles. The van der Waals surface area contributed by atoms with E-state index in [1.54, 1.807) is 0 Å². The maximum Gasteiger partial charge on any atom is 0.256 e. The van der Waals surface area contributed by atoms with E-state index >= 15 is 0 Å². The normalized spacial score (nSPS) is 15.4. The minimum atomic E-state index is -0.0570. The van der Waals surface area contributed by atoms with Crippen molar-refractivity contribution >= 4 is 100 Å². The van der Waals surface area contributed by atoms with E-state index in [0.29, 0.717) is 5.92 Å². The third-order valence-corrected chi connectivity index (χ3v) is 15.2. The average Bonchev–Trinajstić information content (AvgIpc) is 3.76. The van der Waals surface area contributed by atoms with Gasteiger partial charge >= 0.3 is 0 Å². The van der Waals surface area contributed by atoms with Crippen molar-refractivity contribution in [2.45, 2.75) is 19.9 Å². The third-order valence-electron chi connectivity index (χ3n) is 14.1. The van der Waals surface area contributed by atoms with Gasteiger partial charge in [0.15, 0.2) is 0 Å². The van der Waals surface area contributed by atoms with Gasteiger partial charge in [-0.3, -0.25) is 0 Å². The maximum absolute atomic E-state index is 7.13. The summed E-state index contributed by atoms with van der Waals surface area (Å²) < 4.78 is 9.71. The van der Waals surface area contributed by atoms with Crippen molar-refractivity contribution in [3.8, 4) is 22.6 Å². The zero-order chi connectivity index (χ0) is 45.3. The molecule has 1 aromatic heterocycles. The molecule has 0 fully saturated rings. The Bertz CT molecular complexity index is 3600. The standard InChI is InChI=1S/C62H46BN3OS/c1-41-24-28-47(29-25-41)66-56-21-13-22-58-62(56)63(53-35-32-49(39-57(53)66)65(45-17-7-4-8-18-45)55-20-11-9-14-42(55)2)54-36-33-50(40-59(54)67-58)64(46-30-26-44(27-31-46)43-15-5-3-6-16-43)48-34-37-61-52(38-48)51-19-10-12-23-60(51)68-61/h3-40,42,55H,1-2H3. The van der Waals surface area contributed by atoms with E-state index in [-0.39, 0.29) is 12.8 Å². The Morgan fingerprint density at radius 1 is 0.500 bits per heavy atom. The molecule has 6 heteroatoms. The van der Waals surface area contributed by atoms with Gasteiger partial charge in [-0.05, 0) is 131 Å². The molecule has 2 atom stereocenters. The lowest BCUT2D eigenvalue weighted by Crippen LogP contribution is -2.59. The van der Waals surface area contributed by atoms with E-state index in [4.69, 9.17) is 4.74 Å². The molecule has 0 spiro atoms. The van der Waals surface area contributed by atoms with Crippen molar-refractivity contribution in [2.24, 2.45) is 5.92 Å². The van der Waals surface area contributed by atoms with Gasteiger partial charge in [-0.1, -0.05) is 146 Å². The SMILES string of the molecule is Cc1ccc(N2c3cc(N(c4ccccc4)C4C=CC=CC4C)ccc3B3c4ccc(N(c5ccc(-c6ccccc6)cc5)c5ccc6sc7ccccc7c6c5)cc4Oc4cccc2c43)cc1. The van der Waals surface area contributed by atoms with Crippen LogP contribution < -0.4 is 35.8 Å². The van der Waals surface area contributed by atoms with Crippen LogP contribution in [0.1, 0.15) is 12.5 Å². The van der Waals surface area contributed by atoms with Crippen LogP contribution in [0.5, 0.6) is 11.5 Å². The number of nitrogens with zero attached hydrogens (tertiary/aromatic N) is 3. The molecule has 0 saturated carbocycles. The van der Waals surface area contributed by atoms with Crippen LogP contribution in [0.3, 0.4) is 0 Å². The fourth-order valence-electron chi connectivity index (χ4n) is 10.8. The Morgan fingerprint density at radius 3 is 2.00 bits per heavy atom. The zero-order valence-electron chi connectivity index (χ0n) is 37.8. The fraction of sp³-hybridized carbons (Fsp3) is 0.0645. The van der Waals surface area contributed by atoms with Crippen LogP contribution in [-0.2, 0) is 0 Å². The highest BCUT2D eigenvalue weighted by atomic mass is 32.1. The van der Waals surface area contributed by atoms with E-state index < -0.39 is 0 Å². The van der Waals surface area contributed by atoms with Crippen LogP contribution in [0.25, 0.3) is 31.3 Å². The smallest absolute Gasteiger partial charge is 0.256 e. The van der Waals surface area contributed by atoms with Crippen LogP contribution in [0.4, 0.5) is 45.5 Å². The first-order valence-corrected chi connectivity index (χ1v) is 24.4. The van der Waals surface area contributed by atoms with Crippen LogP contribution in [0, 0.1) is 12.8 Å². The summed E-state index contributed by atoms with van der Waals surface area (Å²) in [6.45, 7) is 4.41. The second-order valence-corrected chi connectivity index (χ2v) is 19.3. The third kappa shape index (κ3) is 6.74. The van der Waals surface area contributed by atoms with Gasteiger partial charge in [0.2, 0.25) is 0 Å². The summed E-state index contributed by atoms with van der Waals surface area (Å²) in [7, 11) is 0. The lowest BCUT2D eigenvalue weighted by Gasteiger charge is -2.41. The molecule has 3 heterocycles. The first kappa shape index (κ1) is 40.2. The number of benzene rings is 9. The highest BCUT2D eigenvalue weighted by Gasteiger charge is 2.42. The zero-order valence-corrected chi connectivity index (χ0v) is 38.6. The molecule has 9 aromatic carbocycles. The minimum absolute atomic E-state index is 0.0570. The van der Waals surface area contributed by atoms with Gasteiger partial charge in [-0.15, -0.1) is 11.3 Å². The number of rotatable bonds is 8. The summed E-state index contributed by atoms with van der Waals surface area (Å²) >= 11 is 1.85. The second-order valence-electron chi connectivity index (χ2n) is 18.2. The van der Waals surface area contributed by atoms with E-state index in [1.807, 2.05) is 11.3 Å². The van der Waals surface area contributed by atoms with E-state index in [2.05, 4.69) is 259 Å². The molecule has 13 rings (SSSR count). The molecule has 0 bridgehead atoms. The van der Waals surface area contributed by atoms with Crippen molar-refractivity contribution in [1.82, 2.24) is 0 Å². The number of anilines is 8. The number of para-hydroxylation sites is 1. The van der Waals surface area contributed by atoms with Crippen molar-refractivity contribution in [1.29, 1.82) is 0 Å². The molecule has 1 aliphatic carbocycles. The number of aryl methyl sites for hydroxylation is 1. The fourth-order valence-corrected chi connectivity index (χ4v) is 11.8. The number of ether oxygens (including phenoxy) is 1. The van der Waals surface area contributed by atoms with Crippen molar-refractivity contribution in [3.63, 3.8) is 0 Å². The van der Waals surface area contributed by atoms with E-state index in [9.17, 15) is 0 Å². The second kappa shape index (κ2) is 16.4. The predicted octanol–water partition coefficient (Wildman–Crippen LogP) is 15.2. The Balaban J connectivity index is 0.977. The van der Waals surface area contributed by atoms with Crippen molar-refractivity contribution in [3.05, 3.63) is 236 Å². The molecule has 324 valence electrons. The largest absolute Gasteiger partial charge is 0.458 e. The number of fused-ring (bicyclic) bond motifs is 7. The topological polar surface area (TPSA) is 19.0 Å². The molecule has 2 unspecified atom stereocenters. The van der Waals surface area contributed by atoms with Gasteiger partial charge < -0.3 is 19.4 Å². The summed E-state index contributed by atoms with van der Waals surface area (Å²) in [6.07, 6.45) is 9.01. The van der Waals surface area contributed by atoms with Crippen molar-refractivity contribution < 1.29 is 4.74 Å². The summed E-state index contributed by atoms with van der Waals surface area (Å²) in [5.41, 5.74) is 16.1. The molecule has 0 N–H and O–H groups in total. The Labute approximate surface area is 402 Å². The minimum Gasteiger partial charge on any atom is -0.458 e. The molecule has 0 radical (unpaired) electrons. The first-order chi connectivity index (χ1) is 33.5. The molecule has 68 heavy (non-hydrogen) atoms. The van der Waals surface area contributed by atoms with Crippen LogP contribution >= 0.6 is 11.3 Å². The lowest BCUT2D eigenvalue weighted by molar-refractivity contribution is 0.487. The van der Waals surface area contributed by atoms with E-state index in [1.165, 1.54) is 59.2 Å². The van der Waals surface area contributed by atoms with Gasteiger partial charge in [-0.25, -0.2) is 0 Å². The Kier molecular flexibility index (Phi) is 9.69. The Hall–Kier alpha value is -8.06. The molecule has 10 aromatic rings. The molecular weight excluding hydrogens is 846 g/mol. The van der Waals surface area contributed by atoms with Crippen LogP contribution in [-0.4, -0.2) is 12.8 Å². The lowest BCUT2D eigenvalue weighted by atomic mass is 9.34. The number of thiophene rings is 1. The van der Waals surface area contributed by atoms with Gasteiger partial charge in [0, 0.05) is 71.7 Å². The monoisotopic (exact) mass is 891 g/mol. The maximum atomic E-state index is 7.13.